The summed E-state index contributed by atoms with van der Waals surface area (Å²) in [6, 6.07) is 5.43. The first-order valence-electron chi connectivity index (χ1n) is 13.7. The fourth-order valence-corrected chi connectivity index (χ4v) is 5.55. The Kier molecular flexibility index (Phi) is 9.73. The van der Waals surface area contributed by atoms with E-state index in [1.807, 2.05) is 18.7 Å². The molecule has 0 bridgehead atoms. The third kappa shape index (κ3) is 6.71. The molecular weight excluding hydrogens is 490 g/mol. The minimum absolute atomic E-state index is 0.00302. The number of hydrogen-bond donors (Lipinski definition) is 2. The van der Waals surface area contributed by atoms with Crippen molar-refractivity contribution >= 4 is 12.0 Å². The molecule has 2 amide bonds. The predicted octanol–water partition coefficient (Wildman–Crippen LogP) is 2.84. The van der Waals surface area contributed by atoms with Crippen LogP contribution in [0.4, 0.5) is 4.79 Å². The second kappa shape index (κ2) is 13.0. The zero-order valence-corrected chi connectivity index (χ0v) is 23.1. The van der Waals surface area contributed by atoms with E-state index in [0.717, 1.165) is 38.8 Å². The SMILES string of the molecule is COCCCOc1cc(C(=O)N(C[C@@H]2CNCC23C[C@@H]3OC(=O)NC2CCOCC2)C(C)C)ccc1OC. The summed E-state index contributed by atoms with van der Waals surface area (Å²) in [5.41, 5.74) is 0.427. The fraction of sp³-hybridized carbons (Fsp3) is 0.714. The summed E-state index contributed by atoms with van der Waals surface area (Å²) in [5, 5.41) is 6.47. The van der Waals surface area contributed by atoms with Crippen LogP contribution in [0, 0.1) is 11.3 Å². The highest BCUT2D eigenvalue weighted by Crippen LogP contribution is 2.56. The van der Waals surface area contributed by atoms with Gasteiger partial charge >= 0.3 is 6.09 Å². The van der Waals surface area contributed by atoms with Crippen LogP contribution >= 0.6 is 0 Å². The van der Waals surface area contributed by atoms with Crippen molar-refractivity contribution in [2.24, 2.45) is 11.3 Å². The van der Waals surface area contributed by atoms with Crippen molar-refractivity contribution in [2.45, 2.75) is 57.7 Å². The molecule has 2 N–H and O–H groups in total. The van der Waals surface area contributed by atoms with Gasteiger partial charge in [0.15, 0.2) is 11.5 Å². The summed E-state index contributed by atoms with van der Waals surface area (Å²) in [4.78, 5) is 28.1. The Morgan fingerprint density at radius 3 is 2.68 bits per heavy atom. The van der Waals surface area contributed by atoms with Crippen LogP contribution in [0.5, 0.6) is 11.5 Å². The number of alkyl carbamates (subject to hydrolysis) is 1. The van der Waals surface area contributed by atoms with Gasteiger partial charge < -0.3 is 39.2 Å². The number of nitrogens with zero attached hydrogens (tertiary/aromatic N) is 1. The Morgan fingerprint density at radius 1 is 1.18 bits per heavy atom. The van der Waals surface area contributed by atoms with Gasteiger partial charge in [-0.05, 0) is 57.2 Å². The number of carbonyl (C=O) groups excluding carboxylic acids is 2. The number of hydrogen-bond acceptors (Lipinski definition) is 8. The molecule has 1 spiro atoms. The summed E-state index contributed by atoms with van der Waals surface area (Å²) in [6.07, 6.45) is 2.69. The van der Waals surface area contributed by atoms with E-state index in [0.29, 0.717) is 50.0 Å². The van der Waals surface area contributed by atoms with Crippen LogP contribution in [0.15, 0.2) is 18.2 Å². The Hall–Kier alpha value is -2.56. The lowest BCUT2D eigenvalue weighted by Crippen LogP contribution is -2.43. The van der Waals surface area contributed by atoms with E-state index in [9.17, 15) is 9.59 Å². The molecule has 2 aliphatic heterocycles. The van der Waals surface area contributed by atoms with Crippen LogP contribution in [0.25, 0.3) is 0 Å². The Morgan fingerprint density at radius 2 is 1.97 bits per heavy atom. The molecule has 1 saturated carbocycles. The summed E-state index contributed by atoms with van der Waals surface area (Å²) in [7, 11) is 3.24. The molecule has 38 heavy (non-hydrogen) atoms. The molecule has 10 nitrogen and oxygen atoms in total. The first-order chi connectivity index (χ1) is 18.4. The molecule has 10 heteroatoms. The lowest BCUT2D eigenvalue weighted by atomic mass is 9.91. The average Bonchev–Trinajstić information content (AvgIpc) is 3.44. The molecule has 3 fully saturated rings. The predicted molar refractivity (Wildman–Crippen MR) is 142 cm³/mol. The van der Waals surface area contributed by atoms with Gasteiger partial charge in [-0.3, -0.25) is 4.79 Å². The third-order valence-corrected chi connectivity index (χ3v) is 7.96. The summed E-state index contributed by atoms with van der Waals surface area (Å²) in [5.74, 6) is 1.27. The maximum atomic E-state index is 13.7. The quantitative estimate of drug-likeness (QED) is 0.395. The number of nitrogens with one attached hydrogen (secondary N) is 2. The average molecular weight is 534 g/mol. The van der Waals surface area contributed by atoms with Crippen LogP contribution in [0.2, 0.25) is 0 Å². The Bertz CT molecular complexity index is 952. The van der Waals surface area contributed by atoms with Crippen LogP contribution in [-0.2, 0) is 14.2 Å². The van der Waals surface area contributed by atoms with Gasteiger partial charge in [-0.2, -0.15) is 0 Å². The minimum atomic E-state index is -0.350. The van der Waals surface area contributed by atoms with Gasteiger partial charge in [-0.1, -0.05) is 0 Å². The number of benzene rings is 1. The summed E-state index contributed by atoms with van der Waals surface area (Å²) in [6.45, 7) is 8.61. The fourth-order valence-electron chi connectivity index (χ4n) is 5.55. The van der Waals surface area contributed by atoms with E-state index in [2.05, 4.69) is 10.6 Å². The molecule has 3 aliphatic rings. The number of rotatable bonds is 12. The van der Waals surface area contributed by atoms with Crippen molar-refractivity contribution < 1.29 is 33.3 Å². The van der Waals surface area contributed by atoms with E-state index in [-0.39, 0.29) is 41.5 Å². The first-order valence-corrected chi connectivity index (χ1v) is 13.7. The largest absolute Gasteiger partial charge is 0.493 e. The maximum absolute atomic E-state index is 13.7. The topological polar surface area (TPSA) is 108 Å². The first kappa shape index (κ1) is 28.4. The van der Waals surface area contributed by atoms with Crippen LogP contribution in [0.1, 0.15) is 49.9 Å². The standard InChI is InChI=1S/C28H43N3O7/c1-19(2)31(26(32)20-6-7-23(35-4)24(14-20)37-11-5-10-34-3)17-21-16-29-18-28(21)15-25(28)38-27(33)30-22-8-12-36-13-9-22/h6-7,14,19,21-22,25,29H,5,8-13,15-18H2,1-4H3,(H,30,33)/t21-,25-,28?/m0/s1. The molecule has 212 valence electrons. The lowest BCUT2D eigenvalue weighted by Gasteiger charge is -2.32. The summed E-state index contributed by atoms with van der Waals surface area (Å²) >= 11 is 0. The van der Waals surface area contributed by atoms with Crippen molar-refractivity contribution in [3.63, 3.8) is 0 Å². The van der Waals surface area contributed by atoms with Crippen molar-refractivity contribution in [3.8, 4) is 11.5 Å². The normalized spacial score (nSPS) is 24.9. The number of carbonyl (C=O) groups is 2. The highest BCUT2D eigenvalue weighted by molar-refractivity contribution is 5.95. The number of methoxy groups -OCH3 is 2. The summed E-state index contributed by atoms with van der Waals surface area (Å²) < 4.78 is 27.6. The van der Waals surface area contributed by atoms with Crippen LogP contribution in [-0.4, -0.2) is 95.4 Å². The van der Waals surface area contributed by atoms with E-state index in [4.69, 9.17) is 23.7 Å². The van der Waals surface area contributed by atoms with Gasteiger partial charge in [0.1, 0.15) is 6.10 Å². The second-order valence-electron chi connectivity index (χ2n) is 10.8. The maximum Gasteiger partial charge on any atom is 0.407 e. The molecule has 3 atom stereocenters. The van der Waals surface area contributed by atoms with Crippen molar-refractivity contribution in [1.82, 2.24) is 15.5 Å². The van der Waals surface area contributed by atoms with Crippen molar-refractivity contribution in [1.29, 1.82) is 0 Å². The van der Waals surface area contributed by atoms with E-state index >= 15 is 0 Å². The van der Waals surface area contributed by atoms with Crippen molar-refractivity contribution in [2.75, 3.05) is 60.3 Å². The molecule has 1 aromatic rings. The van der Waals surface area contributed by atoms with Gasteiger partial charge in [-0.25, -0.2) is 4.79 Å². The van der Waals surface area contributed by atoms with Gasteiger partial charge in [0.05, 0.1) is 13.7 Å². The Balaban J connectivity index is 1.38. The zero-order valence-electron chi connectivity index (χ0n) is 23.1. The lowest BCUT2D eigenvalue weighted by molar-refractivity contribution is 0.0597. The minimum Gasteiger partial charge on any atom is -0.493 e. The van der Waals surface area contributed by atoms with Crippen LogP contribution in [0.3, 0.4) is 0 Å². The van der Waals surface area contributed by atoms with E-state index < -0.39 is 0 Å². The van der Waals surface area contributed by atoms with Gasteiger partial charge in [-0.15, -0.1) is 0 Å². The smallest absolute Gasteiger partial charge is 0.407 e. The van der Waals surface area contributed by atoms with Crippen LogP contribution < -0.4 is 20.1 Å². The monoisotopic (exact) mass is 533 g/mol. The van der Waals surface area contributed by atoms with Gasteiger partial charge in [0, 0.05) is 76.0 Å². The molecule has 1 unspecified atom stereocenters. The van der Waals surface area contributed by atoms with Crippen molar-refractivity contribution in [3.05, 3.63) is 23.8 Å². The molecule has 2 saturated heterocycles. The third-order valence-electron chi connectivity index (χ3n) is 7.96. The molecule has 0 aromatic heterocycles. The van der Waals surface area contributed by atoms with Gasteiger partial charge in [0.2, 0.25) is 0 Å². The molecule has 4 rings (SSSR count). The highest BCUT2D eigenvalue weighted by atomic mass is 16.6. The molecular formula is C28H43N3O7. The highest BCUT2D eigenvalue weighted by Gasteiger charge is 2.64. The zero-order chi connectivity index (χ0) is 27.1. The van der Waals surface area contributed by atoms with E-state index in [1.165, 1.54) is 0 Å². The molecule has 2 heterocycles. The van der Waals surface area contributed by atoms with Gasteiger partial charge in [0.25, 0.3) is 5.91 Å². The number of ether oxygens (including phenoxy) is 5. The molecule has 1 aromatic carbocycles. The Labute approximate surface area is 225 Å². The second-order valence-corrected chi connectivity index (χ2v) is 10.8. The molecule has 1 aliphatic carbocycles. The van der Waals surface area contributed by atoms with E-state index in [1.54, 1.807) is 32.4 Å². The number of amides is 2. The molecule has 0 radical (unpaired) electrons.